The highest BCUT2D eigenvalue weighted by Crippen LogP contribution is 2.25. The standard InChI is InChI=1S/C15H15ClN2S2/c1-10-5-3-8-13(16)14(10)18-15(19)17-11-6-4-7-12(9-11)20-2/h3-9H,1-2H3,(H2,17,18,19). The summed E-state index contributed by atoms with van der Waals surface area (Å²) in [6.07, 6.45) is 2.04. The summed E-state index contributed by atoms with van der Waals surface area (Å²) < 4.78 is 0. The lowest BCUT2D eigenvalue weighted by molar-refractivity contribution is 1.44. The molecule has 0 atom stereocenters. The first-order valence-corrected chi connectivity index (χ1v) is 8.08. The monoisotopic (exact) mass is 322 g/mol. The van der Waals surface area contributed by atoms with Crippen LogP contribution in [0.1, 0.15) is 5.56 Å². The number of hydrogen-bond donors (Lipinski definition) is 2. The first-order chi connectivity index (χ1) is 9.60. The normalized spacial score (nSPS) is 10.2. The van der Waals surface area contributed by atoms with Gasteiger partial charge < -0.3 is 10.6 Å². The van der Waals surface area contributed by atoms with Crippen LogP contribution in [0.15, 0.2) is 47.4 Å². The minimum atomic E-state index is 0.527. The van der Waals surface area contributed by atoms with Crippen molar-refractivity contribution in [2.75, 3.05) is 16.9 Å². The van der Waals surface area contributed by atoms with Gasteiger partial charge in [0.2, 0.25) is 0 Å². The van der Waals surface area contributed by atoms with Gasteiger partial charge in [-0.2, -0.15) is 0 Å². The molecule has 0 spiro atoms. The zero-order chi connectivity index (χ0) is 14.5. The maximum Gasteiger partial charge on any atom is 0.175 e. The van der Waals surface area contributed by atoms with E-state index in [9.17, 15) is 0 Å². The number of aryl methyl sites for hydroxylation is 1. The third-order valence-electron chi connectivity index (χ3n) is 2.79. The van der Waals surface area contributed by atoms with Crippen molar-refractivity contribution >= 4 is 52.1 Å². The Morgan fingerprint density at radius 1 is 1.15 bits per heavy atom. The van der Waals surface area contributed by atoms with E-state index in [1.54, 1.807) is 11.8 Å². The summed E-state index contributed by atoms with van der Waals surface area (Å²) in [4.78, 5) is 1.19. The van der Waals surface area contributed by atoms with Crippen molar-refractivity contribution in [1.82, 2.24) is 0 Å². The van der Waals surface area contributed by atoms with Crippen LogP contribution in [0.3, 0.4) is 0 Å². The van der Waals surface area contributed by atoms with Crippen LogP contribution in [0.25, 0.3) is 0 Å². The predicted octanol–water partition coefficient (Wildman–Crippen LogP) is 5.18. The van der Waals surface area contributed by atoms with Crippen LogP contribution in [0.2, 0.25) is 5.02 Å². The average molecular weight is 323 g/mol. The van der Waals surface area contributed by atoms with Gasteiger partial charge in [-0.05, 0) is 55.2 Å². The van der Waals surface area contributed by atoms with Crippen molar-refractivity contribution in [2.24, 2.45) is 0 Å². The molecule has 2 nitrogen and oxygen atoms in total. The molecule has 0 amide bonds. The van der Waals surface area contributed by atoms with Crippen molar-refractivity contribution in [2.45, 2.75) is 11.8 Å². The molecule has 0 saturated carbocycles. The van der Waals surface area contributed by atoms with Gasteiger partial charge in [-0.25, -0.2) is 0 Å². The largest absolute Gasteiger partial charge is 0.332 e. The Kier molecular flexibility index (Phi) is 5.29. The van der Waals surface area contributed by atoms with E-state index < -0.39 is 0 Å². The van der Waals surface area contributed by atoms with E-state index in [-0.39, 0.29) is 0 Å². The molecular formula is C15H15ClN2S2. The molecule has 0 radical (unpaired) electrons. The number of benzene rings is 2. The van der Waals surface area contributed by atoms with Crippen LogP contribution in [0, 0.1) is 6.92 Å². The van der Waals surface area contributed by atoms with Gasteiger partial charge in [0.05, 0.1) is 10.7 Å². The van der Waals surface area contributed by atoms with E-state index in [0.717, 1.165) is 16.9 Å². The quantitative estimate of drug-likeness (QED) is 0.600. The number of para-hydroxylation sites is 1. The molecule has 104 valence electrons. The molecule has 5 heteroatoms. The molecule has 0 aromatic heterocycles. The van der Waals surface area contributed by atoms with Crippen molar-refractivity contribution in [3.8, 4) is 0 Å². The second-order valence-corrected chi connectivity index (χ2v) is 5.94. The predicted molar refractivity (Wildman–Crippen MR) is 94.3 cm³/mol. The van der Waals surface area contributed by atoms with Crippen LogP contribution in [0.5, 0.6) is 0 Å². The minimum absolute atomic E-state index is 0.527. The highest BCUT2D eigenvalue weighted by Gasteiger charge is 2.06. The summed E-state index contributed by atoms with van der Waals surface area (Å²) in [7, 11) is 0. The minimum Gasteiger partial charge on any atom is -0.332 e. The SMILES string of the molecule is CSc1cccc(NC(=S)Nc2c(C)cccc2Cl)c1. The zero-order valence-corrected chi connectivity index (χ0v) is 13.6. The summed E-state index contributed by atoms with van der Waals surface area (Å²) in [5, 5.41) is 7.50. The van der Waals surface area contributed by atoms with Gasteiger partial charge in [0.25, 0.3) is 0 Å². The molecular weight excluding hydrogens is 308 g/mol. The third-order valence-corrected chi connectivity index (χ3v) is 4.03. The highest BCUT2D eigenvalue weighted by molar-refractivity contribution is 7.98. The Morgan fingerprint density at radius 2 is 1.90 bits per heavy atom. The molecule has 2 N–H and O–H groups in total. The van der Waals surface area contributed by atoms with Gasteiger partial charge in [-0.3, -0.25) is 0 Å². The number of halogens is 1. The smallest absolute Gasteiger partial charge is 0.175 e. The lowest BCUT2D eigenvalue weighted by Gasteiger charge is -2.14. The molecule has 2 rings (SSSR count). The molecule has 2 aromatic rings. The number of thioether (sulfide) groups is 1. The fraction of sp³-hybridized carbons (Fsp3) is 0.133. The fourth-order valence-electron chi connectivity index (χ4n) is 1.77. The van der Waals surface area contributed by atoms with Gasteiger partial charge in [0, 0.05) is 10.6 Å². The molecule has 0 heterocycles. The van der Waals surface area contributed by atoms with Crippen LogP contribution in [0.4, 0.5) is 11.4 Å². The van der Waals surface area contributed by atoms with Crippen molar-refractivity contribution in [1.29, 1.82) is 0 Å². The first kappa shape index (κ1) is 15.2. The van der Waals surface area contributed by atoms with E-state index in [1.807, 2.05) is 43.5 Å². The number of hydrogen-bond acceptors (Lipinski definition) is 2. The second-order valence-electron chi connectivity index (χ2n) is 4.24. The van der Waals surface area contributed by atoms with Crippen molar-refractivity contribution in [3.63, 3.8) is 0 Å². The number of rotatable bonds is 3. The Labute approximate surface area is 133 Å². The lowest BCUT2D eigenvalue weighted by atomic mass is 10.2. The average Bonchev–Trinajstić information content (AvgIpc) is 2.43. The maximum atomic E-state index is 6.17. The molecule has 0 bridgehead atoms. The zero-order valence-electron chi connectivity index (χ0n) is 11.2. The highest BCUT2D eigenvalue weighted by atomic mass is 35.5. The van der Waals surface area contributed by atoms with Crippen molar-refractivity contribution < 1.29 is 0 Å². The second kappa shape index (κ2) is 6.97. The Morgan fingerprint density at radius 3 is 2.60 bits per heavy atom. The number of nitrogens with one attached hydrogen (secondary N) is 2. The topological polar surface area (TPSA) is 24.1 Å². The summed E-state index contributed by atoms with van der Waals surface area (Å²) in [6.45, 7) is 1.99. The number of thiocarbonyl (C=S) groups is 1. The molecule has 0 unspecified atom stereocenters. The number of anilines is 2. The first-order valence-electron chi connectivity index (χ1n) is 6.07. The van der Waals surface area contributed by atoms with Gasteiger partial charge >= 0.3 is 0 Å². The van der Waals surface area contributed by atoms with E-state index >= 15 is 0 Å². The van der Waals surface area contributed by atoms with Gasteiger partial charge in [-0.1, -0.05) is 29.8 Å². The maximum absolute atomic E-state index is 6.17. The molecule has 20 heavy (non-hydrogen) atoms. The molecule has 0 aliphatic rings. The van der Waals surface area contributed by atoms with E-state index in [0.29, 0.717) is 10.1 Å². The van der Waals surface area contributed by atoms with Crippen molar-refractivity contribution in [3.05, 3.63) is 53.1 Å². The Hall–Kier alpha value is -1.23. The molecule has 0 saturated heterocycles. The molecule has 0 aliphatic heterocycles. The third kappa shape index (κ3) is 3.88. The summed E-state index contributed by atoms with van der Waals surface area (Å²) in [5.41, 5.74) is 2.85. The molecule has 0 aliphatic carbocycles. The van der Waals surface area contributed by atoms with Crippen LogP contribution < -0.4 is 10.6 Å². The van der Waals surface area contributed by atoms with Gasteiger partial charge in [0.1, 0.15) is 0 Å². The Balaban J connectivity index is 2.09. The lowest BCUT2D eigenvalue weighted by Crippen LogP contribution is -2.19. The Bertz CT molecular complexity index is 609. The summed E-state index contributed by atoms with van der Waals surface area (Å²) in [6, 6.07) is 13.8. The van der Waals surface area contributed by atoms with Gasteiger partial charge in [-0.15, -0.1) is 11.8 Å². The van der Waals surface area contributed by atoms with E-state index in [4.69, 9.17) is 23.8 Å². The summed E-state index contributed by atoms with van der Waals surface area (Å²) >= 11 is 13.2. The summed E-state index contributed by atoms with van der Waals surface area (Å²) in [5.74, 6) is 0. The molecule has 2 aromatic carbocycles. The molecule has 0 fully saturated rings. The van der Waals surface area contributed by atoms with Crippen LogP contribution in [-0.2, 0) is 0 Å². The van der Waals surface area contributed by atoms with E-state index in [2.05, 4.69) is 22.8 Å². The van der Waals surface area contributed by atoms with Crippen LogP contribution >= 0.6 is 35.6 Å². The van der Waals surface area contributed by atoms with Crippen LogP contribution in [-0.4, -0.2) is 11.4 Å². The fourth-order valence-corrected chi connectivity index (χ4v) is 2.72. The van der Waals surface area contributed by atoms with E-state index in [1.165, 1.54) is 4.90 Å². The van der Waals surface area contributed by atoms with Gasteiger partial charge in [0.15, 0.2) is 5.11 Å².